The number of amides is 1. The number of rotatable bonds is 8. The number of carbonyl (C=O) groups excluding carboxylic acids is 1. The molecule has 0 aliphatic rings. The highest BCUT2D eigenvalue weighted by molar-refractivity contribution is 5.77. The van der Waals surface area contributed by atoms with Gasteiger partial charge in [-0.3, -0.25) is 14.9 Å². The minimum atomic E-state index is -0.448. The summed E-state index contributed by atoms with van der Waals surface area (Å²) in [5, 5.41) is 16.3. The SMILES string of the molecule is O=C(COc1ccccc1)NCCNc1ccc([N+](=O)[O-])cc1. The van der Waals surface area contributed by atoms with Crippen molar-refractivity contribution in [2.24, 2.45) is 0 Å². The van der Waals surface area contributed by atoms with Crippen molar-refractivity contribution in [1.29, 1.82) is 0 Å². The van der Waals surface area contributed by atoms with E-state index in [9.17, 15) is 14.9 Å². The molecule has 0 spiro atoms. The Labute approximate surface area is 133 Å². The third kappa shape index (κ3) is 5.66. The summed E-state index contributed by atoms with van der Waals surface area (Å²) in [7, 11) is 0. The average molecular weight is 315 g/mol. The van der Waals surface area contributed by atoms with Gasteiger partial charge in [-0.25, -0.2) is 0 Å². The van der Waals surface area contributed by atoms with Crippen molar-refractivity contribution in [2.75, 3.05) is 25.0 Å². The van der Waals surface area contributed by atoms with Crippen LogP contribution in [0.25, 0.3) is 0 Å². The lowest BCUT2D eigenvalue weighted by molar-refractivity contribution is -0.384. The molecule has 0 aliphatic heterocycles. The zero-order chi connectivity index (χ0) is 16.5. The maximum Gasteiger partial charge on any atom is 0.269 e. The molecule has 23 heavy (non-hydrogen) atoms. The van der Waals surface area contributed by atoms with Crippen LogP contribution in [0.2, 0.25) is 0 Å². The van der Waals surface area contributed by atoms with E-state index in [1.165, 1.54) is 12.1 Å². The molecule has 0 saturated heterocycles. The summed E-state index contributed by atoms with van der Waals surface area (Å²) in [6.45, 7) is 0.893. The molecule has 7 nitrogen and oxygen atoms in total. The van der Waals surface area contributed by atoms with Gasteiger partial charge in [0, 0.05) is 30.9 Å². The lowest BCUT2D eigenvalue weighted by Gasteiger charge is -2.09. The van der Waals surface area contributed by atoms with Crippen LogP contribution in [0.15, 0.2) is 54.6 Å². The smallest absolute Gasteiger partial charge is 0.269 e. The Hall–Kier alpha value is -3.09. The Morgan fingerprint density at radius 1 is 1.04 bits per heavy atom. The predicted molar refractivity (Wildman–Crippen MR) is 86.5 cm³/mol. The minimum Gasteiger partial charge on any atom is -0.484 e. The van der Waals surface area contributed by atoms with Crippen molar-refractivity contribution in [2.45, 2.75) is 0 Å². The number of hydrogen-bond donors (Lipinski definition) is 2. The normalized spacial score (nSPS) is 9.91. The first-order valence-electron chi connectivity index (χ1n) is 7.08. The lowest BCUT2D eigenvalue weighted by Crippen LogP contribution is -2.32. The molecule has 2 rings (SSSR count). The Morgan fingerprint density at radius 3 is 2.39 bits per heavy atom. The van der Waals surface area contributed by atoms with Gasteiger partial charge in [-0.2, -0.15) is 0 Å². The van der Waals surface area contributed by atoms with E-state index >= 15 is 0 Å². The van der Waals surface area contributed by atoms with Gasteiger partial charge >= 0.3 is 0 Å². The number of nitro groups is 1. The van der Waals surface area contributed by atoms with Crippen molar-refractivity contribution >= 4 is 17.3 Å². The van der Waals surface area contributed by atoms with Crippen LogP contribution in [0, 0.1) is 10.1 Å². The first kappa shape index (κ1) is 16.3. The number of ether oxygens (including phenoxy) is 1. The highest BCUT2D eigenvalue weighted by Gasteiger charge is 2.04. The number of carbonyl (C=O) groups is 1. The van der Waals surface area contributed by atoms with Crippen LogP contribution in [-0.2, 0) is 4.79 Å². The number of non-ortho nitro benzene ring substituents is 1. The van der Waals surface area contributed by atoms with E-state index in [-0.39, 0.29) is 18.2 Å². The molecule has 0 fully saturated rings. The summed E-state index contributed by atoms with van der Waals surface area (Å²) >= 11 is 0. The highest BCUT2D eigenvalue weighted by Crippen LogP contribution is 2.14. The van der Waals surface area contributed by atoms with Crippen molar-refractivity contribution < 1.29 is 14.5 Å². The molecule has 0 heterocycles. The molecule has 0 unspecified atom stereocenters. The molecular weight excluding hydrogens is 298 g/mol. The van der Waals surface area contributed by atoms with E-state index < -0.39 is 4.92 Å². The summed E-state index contributed by atoms with van der Waals surface area (Å²) in [4.78, 5) is 21.7. The molecular formula is C16H17N3O4. The number of nitrogens with zero attached hydrogens (tertiary/aromatic N) is 1. The van der Waals surface area contributed by atoms with Crippen LogP contribution in [0.4, 0.5) is 11.4 Å². The van der Waals surface area contributed by atoms with Crippen molar-refractivity contribution in [3.63, 3.8) is 0 Å². The van der Waals surface area contributed by atoms with Crippen LogP contribution in [0.3, 0.4) is 0 Å². The standard InChI is InChI=1S/C16H17N3O4/c20-16(12-23-15-4-2-1-3-5-15)18-11-10-17-13-6-8-14(9-7-13)19(21)22/h1-9,17H,10-12H2,(H,18,20). The number of hydrogen-bond acceptors (Lipinski definition) is 5. The molecule has 2 N–H and O–H groups in total. The van der Waals surface area contributed by atoms with Crippen LogP contribution in [0.5, 0.6) is 5.75 Å². The van der Waals surface area contributed by atoms with Gasteiger partial charge in [0.1, 0.15) is 5.75 Å². The van der Waals surface area contributed by atoms with Gasteiger partial charge in [0.25, 0.3) is 11.6 Å². The molecule has 0 atom stereocenters. The molecule has 0 aromatic heterocycles. The predicted octanol–water partition coefficient (Wildman–Crippen LogP) is 2.20. The molecule has 7 heteroatoms. The Morgan fingerprint density at radius 2 is 1.74 bits per heavy atom. The van der Waals surface area contributed by atoms with Gasteiger partial charge in [-0.1, -0.05) is 18.2 Å². The van der Waals surface area contributed by atoms with Crippen LogP contribution >= 0.6 is 0 Å². The average Bonchev–Trinajstić information content (AvgIpc) is 2.58. The fourth-order valence-electron chi connectivity index (χ4n) is 1.83. The van der Waals surface area contributed by atoms with E-state index in [4.69, 9.17) is 4.74 Å². The molecule has 0 radical (unpaired) electrons. The van der Waals surface area contributed by atoms with Crippen LogP contribution in [-0.4, -0.2) is 30.5 Å². The summed E-state index contributed by atoms with van der Waals surface area (Å²) in [5.41, 5.74) is 0.798. The van der Waals surface area contributed by atoms with Crippen molar-refractivity contribution in [3.8, 4) is 5.75 Å². The number of nitrogens with one attached hydrogen (secondary N) is 2. The largest absolute Gasteiger partial charge is 0.484 e. The first-order valence-corrected chi connectivity index (χ1v) is 7.08. The molecule has 0 saturated carbocycles. The summed E-state index contributed by atoms with van der Waals surface area (Å²) < 4.78 is 5.32. The Kier molecular flexibility index (Phi) is 5.93. The third-order valence-corrected chi connectivity index (χ3v) is 2.97. The van der Waals surface area contributed by atoms with E-state index in [1.807, 2.05) is 18.2 Å². The Bertz CT molecular complexity index is 644. The van der Waals surface area contributed by atoms with Gasteiger partial charge < -0.3 is 15.4 Å². The second kappa shape index (κ2) is 8.38. The molecule has 0 aliphatic carbocycles. The zero-order valence-electron chi connectivity index (χ0n) is 12.4. The van der Waals surface area contributed by atoms with Gasteiger partial charge in [0.2, 0.25) is 0 Å². The second-order valence-corrected chi connectivity index (χ2v) is 4.68. The number of anilines is 1. The van der Waals surface area contributed by atoms with E-state index in [2.05, 4.69) is 10.6 Å². The molecule has 2 aromatic carbocycles. The first-order chi connectivity index (χ1) is 11.1. The molecule has 2 aromatic rings. The summed E-state index contributed by atoms with van der Waals surface area (Å²) in [5.74, 6) is 0.436. The number of nitro benzene ring substituents is 1. The Balaban J connectivity index is 1.63. The van der Waals surface area contributed by atoms with E-state index in [0.717, 1.165) is 5.69 Å². The maximum absolute atomic E-state index is 11.6. The minimum absolute atomic E-state index is 0.0401. The third-order valence-electron chi connectivity index (χ3n) is 2.97. The lowest BCUT2D eigenvalue weighted by atomic mass is 10.3. The number of benzene rings is 2. The topological polar surface area (TPSA) is 93.5 Å². The van der Waals surface area contributed by atoms with Crippen molar-refractivity contribution in [1.82, 2.24) is 5.32 Å². The molecule has 120 valence electrons. The fourth-order valence-corrected chi connectivity index (χ4v) is 1.83. The van der Waals surface area contributed by atoms with Gasteiger partial charge in [-0.05, 0) is 24.3 Å². The van der Waals surface area contributed by atoms with E-state index in [0.29, 0.717) is 18.8 Å². The highest BCUT2D eigenvalue weighted by atomic mass is 16.6. The summed E-state index contributed by atoms with van der Waals surface area (Å²) in [6.07, 6.45) is 0. The van der Waals surface area contributed by atoms with Gasteiger partial charge in [0.15, 0.2) is 6.61 Å². The van der Waals surface area contributed by atoms with Crippen LogP contribution < -0.4 is 15.4 Å². The van der Waals surface area contributed by atoms with Gasteiger partial charge in [-0.15, -0.1) is 0 Å². The number of para-hydroxylation sites is 1. The van der Waals surface area contributed by atoms with Crippen LogP contribution in [0.1, 0.15) is 0 Å². The van der Waals surface area contributed by atoms with Crippen molar-refractivity contribution in [3.05, 3.63) is 64.7 Å². The quantitative estimate of drug-likeness (QED) is 0.442. The second-order valence-electron chi connectivity index (χ2n) is 4.68. The molecule has 1 amide bonds. The maximum atomic E-state index is 11.6. The zero-order valence-corrected chi connectivity index (χ0v) is 12.4. The monoisotopic (exact) mass is 315 g/mol. The van der Waals surface area contributed by atoms with E-state index in [1.54, 1.807) is 24.3 Å². The fraction of sp³-hybridized carbons (Fsp3) is 0.188. The molecule has 0 bridgehead atoms. The van der Waals surface area contributed by atoms with Gasteiger partial charge in [0.05, 0.1) is 4.92 Å². The summed E-state index contributed by atoms with van der Waals surface area (Å²) in [6, 6.07) is 15.2.